The zero-order chi connectivity index (χ0) is 13.5. The summed E-state index contributed by atoms with van der Waals surface area (Å²) in [5, 5.41) is 3.75. The second-order valence-corrected chi connectivity index (χ2v) is 6.80. The maximum Gasteiger partial charge on any atom is 0.250 e. The molecule has 1 N–H and O–H groups in total. The number of pyridine rings is 1. The Bertz CT molecular complexity index is 543. The van der Waals surface area contributed by atoms with Crippen LogP contribution in [0.1, 0.15) is 43.4 Å². The van der Waals surface area contributed by atoms with Crippen molar-refractivity contribution in [3.05, 3.63) is 33.7 Å². The molecule has 3 aliphatic rings. The molecule has 1 heterocycles. The van der Waals surface area contributed by atoms with Gasteiger partial charge in [0.05, 0.1) is 0 Å². The minimum Gasteiger partial charge on any atom is -0.312 e. The van der Waals surface area contributed by atoms with Crippen LogP contribution in [-0.2, 0) is 19.4 Å². The summed E-state index contributed by atoms with van der Waals surface area (Å²) in [6, 6.07) is 4.53. The maximum absolute atomic E-state index is 12.1. The minimum atomic E-state index is 0.182. The van der Waals surface area contributed by atoms with Gasteiger partial charge in [-0.3, -0.25) is 4.79 Å². The van der Waals surface area contributed by atoms with Gasteiger partial charge >= 0.3 is 0 Å². The van der Waals surface area contributed by atoms with Crippen molar-refractivity contribution in [1.29, 1.82) is 0 Å². The Labute approximate surface area is 120 Å². The van der Waals surface area contributed by atoms with Crippen LogP contribution in [0.15, 0.2) is 16.9 Å². The first-order valence-corrected chi connectivity index (χ1v) is 8.28. The van der Waals surface area contributed by atoms with Gasteiger partial charge in [-0.1, -0.05) is 6.07 Å². The van der Waals surface area contributed by atoms with Crippen LogP contribution in [-0.4, -0.2) is 17.2 Å². The molecule has 3 heteroatoms. The van der Waals surface area contributed by atoms with E-state index in [1.165, 1.54) is 43.4 Å². The van der Waals surface area contributed by atoms with Crippen molar-refractivity contribution in [3.63, 3.8) is 0 Å². The summed E-state index contributed by atoms with van der Waals surface area (Å²) in [5.41, 5.74) is 2.88. The molecule has 1 aromatic heterocycles. The predicted octanol–water partition coefficient (Wildman–Crippen LogP) is 2.12. The third-order valence-electron chi connectivity index (χ3n) is 5.22. The number of aryl methyl sites for hydroxylation is 1. The van der Waals surface area contributed by atoms with Crippen LogP contribution in [0.3, 0.4) is 0 Å². The molecule has 0 aliphatic heterocycles. The fourth-order valence-corrected chi connectivity index (χ4v) is 3.85. The molecule has 0 saturated heterocycles. The van der Waals surface area contributed by atoms with E-state index in [1.807, 2.05) is 10.6 Å². The van der Waals surface area contributed by atoms with Crippen LogP contribution in [0.4, 0.5) is 0 Å². The molecule has 0 aromatic carbocycles. The Balaban J connectivity index is 1.42. The van der Waals surface area contributed by atoms with Crippen molar-refractivity contribution in [2.75, 3.05) is 6.54 Å². The van der Waals surface area contributed by atoms with Gasteiger partial charge in [-0.2, -0.15) is 0 Å². The molecule has 0 atom stereocenters. The van der Waals surface area contributed by atoms with Crippen molar-refractivity contribution >= 4 is 0 Å². The Kier molecular flexibility index (Phi) is 3.18. The number of hydrogen-bond donors (Lipinski definition) is 1. The molecule has 0 unspecified atom stereocenters. The molecule has 3 nitrogen and oxygen atoms in total. The smallest absolute Gasteiger partial charge is 0.250 e. The number of fused-ring (bicyclic) bond motifs is 1. The first-order chi connectivity index (χ1) is 9.83. The van der Waals surface area contributed by atoms with E-state index in [0.29, 0.717) is 0 Å². The van der Waals surface area contributed by atoms with Gasteiger partial charge in [0.2, 0.25) is 0 Å². The molecular formula is C17H24N2O. The molecule has 0 amide bonds. The maximum atomic E-state index is 12.1. The minimum absolute atomic E-state index is 0.182. The number of aromatic nitrogens is 1. The highest BCUT2D eigenvalue weighted by Crippen LogP contribution is 2.44. The van der Waals surface area contributed by atoms with E-state index in [0.717, 1.165) is 43.8 Å². The topological polar surface area (TPSA) is 34.0 Å². The molecule has 0 radical (unpaired) electrons. The molecule has 108 valence electrons. The third kappa shape index (κ3) is 2.44. The average Bonchev–Trinajstić information content (AvgIpc) is 3.36. The van der Waals surface area contributed by atoms with Gasteiger partial charge in [-0.25, -0.2) is 0 Å². The molecule has 4 rings (SSSR count). The largest absolute Gasteiger partial charge is 0.312 e. The van der Waals surface area contributed by atoms with Crippen LogP contribution in [0, 0.1) is 11.8 Å². The van der Waals surface area contributed by atoms with Crippen molar-refractivity contribution in [2.24, 2.45) is 11.8 Å². The van der Waals surface area contributed by atoms with Crippen LogP contribution in [0.5, 0.6) is 0 Å². The number of rotatable bonds is 6. The first-order valence-electron chi connectivity index (χ1n) is 8.28. The molecular weight excluding hydrogens is 248 g/mol. The lowest BCUT2D eigenvalue weighted by Crippen LogP contribution is -2.37. The lowest BCUT2D eigenvalue weighted by atomic mass is 10.1. The van der Waals surface area contributed by atoms with E-state index in [-0.39, 0.29) is 5.56 Å². The quantitative estimate of drug-likeness (QED) is 0.860. The van der Waals surface area contributed by atoms with E-state index < -0.39 is 0 Å². The van der Waals surface area contributed by atoms with Gasteiger partial charge in [0.15, 0.2) is 0 Å². The molecule has 2 fully saturated rings. The Hall–Kier alpha value is -1.09. The van der Waals surface area contributed by atoms with Crippen molar-refractivity contribution in [2.45, 2.75) is 57.5 Å². The number of hydrogen-bond acceptors (Lipinski definition) is 2. The molecule has 0 bridgehead atoms. The zero-order valence-corrected chi connectivity index (χ0v) is 12.1. The summed E-state index contributed by atoms with van der Waals surface area (Å²) in [4.78, 5) is 12.1. The van der Waals surface area contributed by atoms with E-state index in [9.17, 15) is 4.79 Å². The Morgan fingerprint density at radius 2 is 1.90 bits per heavy atom. The normalized spacial score (nSPS) is 21.4. The lowest BCUT2D eigenvalue weighted by molar-refractivity contribution is 0.403. The number of nitrogens with one attached hydrogen (secondary N) is 1. The predicted molar refractivity (Wildman–Crippen MR) is 80.0 cm³/mol. The average molecular weight is 272 g/mol. The molecule has 3 aliphatic carbocycles. The van der Waals surface area contributed by atoms with E-state index >= 15 is 0 Å². The third-order valence-corrected chi connectivity index (χ3v) is 5.22. The zero-order valence-electron chi connectivity index (χ0n) is 12.1. The van der Waals surface area contributed by atoms with Gasteiger partial charge in [0, 0.05) is 30.9 Å². The molecule has 1 aromatic rings. The highest BCUT2D eigenvalue weighted by Gasteiger charge is 2.40. The van der Waals surface area contributed by atoms with Gasteiger partial charge in [-0.15, -0.1) is 0 Å². The molecule has 20 heavy (non-hydrogen) atoms. The monoisotopic (exact) mass is 272 g/mol. The van der Waals surface area contributed by atoms with Crippen molar-refractivity contribution in [3.8, 4) is 0 Å². The van der Waals surface area contributed by atoms with E-state index in [4.69, 9.17) is 0 Å². The fourth-order valence-electron chi connectivity index (χ4n) is 3.85. The van der Waals surface area contributed by atoms with Crippen molar-refractivity contribution in [1.82, 2.24) is 9.88 Å². The summed E-state index contributed by atoms with van der Waals surface area (Å²) < 4.78 is 2.02. The Morgan fingerprint density at radius 1 is 1.15 bits per heavy atom. The summed E-state index contributed by atoms with van der Waals surface area (Å²) in [6.07, 6.45) is 9.09. The highest BCUT2D eigenvalue weighted by molar-refractivity contribution is 5.25. The number of nitrogens with zero attached hydrogens (tertiary/aromatic N) is 1. The second-order valence-electron chi connectivity index (χ2n) is 6.80. The van der Waals surface area contributed by atoms with Gasteiger partial charge < -0.3 is 9.88 Å². The SMILES string of the molecule is O=c1ccc2c(n1CCNC(C1CC1)C1CC1)CCC2. The summed E-state index contributed by atoms with van der Waals surface area (Å²) in [6.45, 7) is 1.80. The highest BCUT2D eigenvalue weighted by atomic mass is 16.1. The van der Waals surface area contributed by atoms with Crippen molar-refractivity contribution < 1.29 is 0 Å². The van der Waals surface area contributed by atoms with Gasteiger partial charge in [0.25, 0.3) is 5.56 Å². The fraction of sp³-hybridized carbons (Fsp3) is 0.706. The Morgan fingerprint density at radius 3 is 2.60 bits per heavy atom. The summed E-state index contributed by atoms with van der Waals surface area (Å²) in [7, 11) is 0. The summed E-state index contributed by atoms with van der Waals surface area (Å²) >= 11 is 0. The van der Waals surface area contributed by atoms with E-state index in [2.05, 4.69) is 5.32 Å². The van der Waals surface area contributed by atoms with Gasteiger partial charge in [0.1, 0.15) is 0 Å². The van der Waals surface area contributed by atoms with Crippen LogP contribution < -0.4 is 10.9 Å². The second kappa shape index (κ2) is 5.03. The van der Waals surface area contributed by atoms with Crippen LogP contribution in [0.2, 0.25) is 0 Å². The molecule has 0 spiro atoms. The lowest BCUT2D eigenvalue weighted by Gasteiger charge is -2.19. The van der Waals surface area contributed by atoms with Crippen LogP contribution >= 0.6 is 0 Å². The summed E-state index contributed by atoms with van der Waals surface area (Å²) in [5.74, 6) is 1.86. The molecule has 2 saturated carbocycles. The first kappa shape index (κ1) is 12.6. The van der Waals surface area contributed by atoms with Crippen LogP contribution in [0.25, 0.3) is 0 Å². The van der Waals surface area contributed by atoms with E-state index in [1.54, 1.807) is 6.07 Å². The van der Waals surface area contributed by atoms with Gasteiger partial charge in [-0.05, 0) is 62.3 Å². The standard InChI is InChI=1S/C17H24N2O/c20-16-9-8-12-2-1-3-15(12)19(16)11-10-18-17(13-4-5-13)14-6-7-14/h8-9,13-14,17-18H,1-7,10-11H2.